The Labute approximate surface area is 133 Å². The molecule has 0 fully saturated rings. The fraction of sp³-hybridized carbons (Fsp3) is 0.400. The van der Waals surface area contributed by atoms with Crippen molar-refractivity contribution in [3.05, 3.63) is 28.8 Å². The van der Waals surface area contributed by atoms with Crippen LogP contribution in [0.3, 0.4) is 0 Å². The van der Waals surface area contributed by atoms with Gasteiger partial charge in [0.25, 0.3) is 0 Å². The Bertz CT molecular complexity index is 643. The van der Waals surface area contributed by atoms with Crippen LogP contribution < -0.4 is 14.8 Å². The van der Waals surface area contributed by atoms with E-state index in [1.807, 2.05) is 25.1 Å². The molecule has 2 aromatic rings. The van der Waals surface area contributed by atoms with Crippen molar-refractivity contribution in [1.29, 1.82) is 0 Å². The van der Waals surface area contributed by atoms with Crippen LogP contribution in [0, 0.1) is 0 Å². The molecule has 2 rings (SSSR count). The predicted octanol–water partition coefficient (Wildman–Crippen LogP) is 2.69. The standard InChI is InChI=1S/C15H19N3O3S/c1-4-14-17-18-15(22-14)16-13(19)8-5-10-9-11(20-2)6-7-12(10)21-3/h6-7,9H,4-5,8H2,1-3H3,(H,16,18,19). The van der Waals surface area contributed by atoms with Gasteiger partial charge in [-0.05, 0) is 36.6 Å². The zero-order valence-corrected chi connectivity index (χ0v) is 13.7. The van der Waals surface area contributed by atoms with Crippen LogP contribution in [0.2, 0.25) is 0 Å². The average Bonchev–Trinajstić information content (AvgIpc) is 3.00. The molecular weight excluding hydrogens is 302 g/mol. The summed E-state index contributed by atoms with van der Waals surface area (Å²) in [5.74, 6) is 1.40. The lowest BCUT2D eigenvalue weighted by Crippen LogP contribution is -2.12. The van der Waals surface area contributed by atoms with Crippen LogP contribution in [0.15, 0.2) is 18.2 Å². The maximum atomic E-state index is 12.0. The number of aryl methyl sites for hydroxylation is 2. The molecule has 0 unspecified atom stereocenters. The van der Waals surface area contributed by atoms with Crippen LogP contribution in [-0.4, -0.2) is 30.3 Å². The van der Waals surface area contributed by atoms with Crippen molar-refractivity contribution in [1.82, 2.24) is 10.2 Å². The van der Waals surface area contributed by atoms with E-state index in [2.05, 4.69) is 15.5 Å². The van der Waals surface area contributed by atoms with E-state index in [1.54, 1.807) is 14.2 Å². The van der Waals surface area contributed by atoms with E-state index in [4.69, 9.17) is 9.47 Å². The Balaban J connectivity index is 1.95. The third kappa shape index (κ3) is 4.17. The number of amides is 1. The highest BCUT2D eigenvalue weighted by Crippen LogP contribution is 2.25. The van der Waals surface area contributed by atoms with Gasteiger partial charge < -0.3 is 14.8 Å². The normalized spacial score (nSPS) is 10.3. The van der Waals surface area contributed by atoms with E-state index in [9.17, 15) is 4.79 Å². The van der Waals surface area contributed by atoms with Gasteiger partial charge in [-0.2, -0.15) is 0 Å². The first-order chi connectivity index (χ1) is 10.7. The molecule has 0 aliphatic carbocycles. The van der Waals surface area contributed by atoms with E-state index < -0.39 is 0 Å². The Morgan fingerprint density at radius 1 is 1.27 bits per heavy atom. The SMILES string of the molecule is CCc1nnc(NC(=O)CCc2cc(OC)ccc2OC)s1. The van der Waals surface area contributed by atoms with Crippen LogP contribution in [0.1, 0.15) is 23.9 Å². The molecule has 1 amide bonds. The molecule has 0 spiro atoms. The van der Waals surface area contributed by atoms with Gasteiger partial charge in [0.15, 0.2) is 0 Å². The number of methoxy groups -OCH3 is 2. The van der Waals surface area contributed by atoms with Crippen molar-refractivity contribution in [2.75, 3.05) is 19.5 Å². The number of benzene rings is 1. The van der Waals surface area contributed by atoms with E-state index in [0.717, 1.165) is 28.5 Å². The Kier molecular flexibility index (Phi) is 5.71. The minimum Gasteiger partial charge on any atom is -0.497 e. The topological polar surface area (TPSA) is 73.3 Å². The lowest BCUT2D eigenvalue weighted by atomic mass is 10.1. The van der Waals surface area contributed by atoms with Crippen molar-refractivity contribution >= 4 is 22.4 Å². The van der Waals surface area contributed by atoms with Crippen molar-refractivity contribution < 1.29 is 14.3 Å². The van der Waals surface area contributed by atoms with Crippen LogP contribution in [0.4, 0.5) is 5.13 Å². The number of aromatic nitrogens is 2. The van der Waals surface area contributed by atoms with Gasteiger partial charge in [-0.1, -0.05) is 18.3 Å². The fourth-order valence-electron chi connectivity index (χ4n) is 1.95. The molecule has 0 bridgehead atoms. The number of hydrogen-bond acceptors (Lipinski definition) is 6. The van der Waals surface area contributed by atoms with Crippen LogP contribution in [-0.2, 0) is 17.6 Å². The lowest BCUT2D eigenvalue weighted by molar-refractivity contribution is -0.116. The largest absolute Gasteiger partial charge is 0.497 e. The minimum absolute atomic E-state index is 0.0938. The first-order valence-electron chi connectivity index (χ1n) is 6.99. The van der Waals surface area contributed by atoms with Crippen LogP contribution >= 0.6 is 11.3 Å². The zero-order chi connectivity index (χ0) is 15.9. The van der Waals surface area contributed by atoms with Crippen molar-refractivity contribution in [2.45, 2.75) is 26.2 Å². The molecule has 0 atom stereocenters. The lowest BCUT2D eigenvalue weighted by Gasteiger charge is -2.10. The summed E-state index contributed by atoms with van der Waals surface area (Å²) in [7, 11) is 3.22. The Morgan fingerprint density at radius 2 is 2.09 bits per heavy atom. The van der Waals surface area contributed by atoms with Gasteiger partial charge in [-0.15, -0.1) is 10.2 Å². The van der Waals surface area contributed by atoms with Gasteiger partial charge in [-0.25, -0.2) is 0 Å². The number of hydrogen-bond donors (Lipinski definition) is 1. The molecular formula is C15H19N3O3S. The number of nitrogens with zero attached hydrogens (tertiary/aromatic N) is 2. The molecule has 22 heavy (non-hydrogen) atoms. The van der Waals surface area contributed by atoms with E-state index >= 15 is 0 Å². The molecule has 0 saturated heterocycles. The molecule has 0 radical (unpaired) electrons. The molecule has 0 saturated carbocycles. The van der Waals surface area contributed by atoms with E-state index in [-0.39, 0.29) is 5.91 Å². The number of carbonyl (C=O) groups excluding carboxylic acids is 1. The van der Waals surface area contributed by atoms with Crippen molar-refractivity contribution in [3.8, 4) is 11.5 Å². The summed E-state index contributed by atoms with van der Waals surface area (Å²) < 4.78 is 10.5. The second-order valence-corrected chi connectivity index (χ2v) is 5.64. The summed E-state index contributed by atoms with van der Waals surface area (Å²) in [6.07, 6.45) is 1.71. The smallest absolute Gasteiger partial charge is 0.226 e. The highest BCUT2D eigenvalue weighted by molar-refractivity contribution is 7.15. The summed E-state index contributed by atoms with van der Waals surface area (Å²) in [6.45, 7) is 2.00. The Morgan fingerprint density at radius 3 is 2.73 bits per heavy atom. The number of carbonyl (C=O) groups is 1. The molecule has 0 aliphatic rings. The third-order valence-electron chi connectivity index (χ3n) is 3.12. The summed E-state index contributed by atoms with van der Waals surface area (Å²) in [4.78, 5) is 12.0. The number of nitrogens with one attached hydrogen (secondary N) is 1. The van der Waals surface area contributed by atoms with Gasteiger partial charge in [0.05, 0.1) is 14.2 Å². The molecule has 118 valence electrons. The van der Waals surface area contributed by atoms with Crippen molar-refractivity contribution in [3.63, 3.8) is 0 Å². The number of rotatable bonds is 7. The van der Waals surface area contributed by atoms with Crippen LogP contribution in [0.25, 0.3) is 0 Å². The van der Waals surface area contributed by atoms with Crippen LogP contribution in [0.5, 0.6) is 11.5 Å². The minimum atomic E-state index is -0.0938. The highest BCUT2D eigenvalue weighted by atomic mass is 32.1. The quantitative estimate of drug-likeness (QED) is 0.849. The molecule has 6 nitrogen and oxygen atoms in total. The van der Waals surface area contributed by atoms with Crippen molar-refractivity contribution in [2.24, 2.45) is 0 Å². The first-order valence-corrected chi connectivity index (χ1v) is 7.81. The zero-order valence-electron chi connectivity index (χ0n) is 12.9. The van der Waals surface area contributed by atoms with Gasteiger partial charge >= 0.3 is 0 Å². The summed E-state index contributed by atoms with van der Waals surface area (Å²) in [5.41, 5.74) is 0.934. The number of anilines is 1. The average molecular weight is 321 g/mol. The monoisotopic (exact) mass is 321 g/mol. The molecule has 0 aliphatic heterocycles. The molecule has 1 N–H and O–H groups in total. The molecule has 7 heteroatoms. The first kappa shape index (κ1) is 16.2. The molecule has 1 heterocycles. The summed E-state index contributed by atoms with van der Waals surface area (Å²) in [5, 5.41) is 12.1. The van der Waals surface area contributed by atoms with E-state index in [0.29, 0.717) is 18.0 Å². The summed E-state index contributed by atoms with van der Waals surface area (Å²) >= 11 is 1.40. The van der Waals surface area contributed by atoms with Gasteiger partial charge in [0.2, 0.25) is 11.0 Å². The maximum absolute atomic E-state index is 12.0. The third-order valence-corrected chi connectivity index (χ3v) is 4.11. The number of ether oxygens (including phenoxy) is 2. The second-order valence-electron chi connectivity index (χ2n) is 4.58. The fourth-order valence-corrected chi connectivity index (χ4v) is 2.65. The highest BCUT2D eigenvalue weighted by Gasteiger charge is 2.10. The van der Waals surface area contributed by atoms with Gasteiger partial charge in [-0.3, -0.25) is 4.79 Å². The molecule has 1 aromatic carbocycles. The Hall–Kier alpha value is -2.15. The van der Waals surface area contributed by atoms with Gasteiger partial charge in [0, 0.05) is 6.42 Å². The van der Waals surface area contributed by atoms with E-state index in [1.165, 1.54) is 11.3 Å². The molecule has 1 aromatic heterocycles. The maximum Gasteiger partial charge on any atom is 0.226 e. The predicted molar refractivity (Wildman–Crippen MR) is 85.8 cm³/mol. The second kappa shape index (κ2) is 7.74. The summed E-state index contributed by atoms with van der Waals surface area (Å²) in [6, 6.07) is 5.55. The van der Waals surface area contributed by atoms with Gasteiger partial charge in [0.1, 0.15) is 16.5 Å².